The Morgan fingerprint density at radius 1 is 1.12 bits per heavy atom. The lowest BCUT2D eigenvalue weighted by atomic mass is 10.0. The van der Waals surface area contributed by atoms with Gasteiger partial charge in [-0.15, -0.1) is 0 Å². The number of nitrogens with one attached hydrogen (secondary N) is 1. The summed E-state index contributed by atoms with van der Waals surface area (Å²) in [4.78, 5) is 23.2. The van der Waals surface area contributed by atoms with Crippen molar-refractivity contribution in [3.8, 4) is 5.75 Å². The molecule has 2 N–H and O–H groups in total. The Balaban J connectivity index is 2.39. The summed E-state index contributed by atoms with van der Waals surface area (Å²) in [5.41, 5.74) is -0.502. The second-order valence-electron chi connectivity index (χ2n) is 5.26. The van der Waals surface area contributed by atoms with E-state index in [0.717, 1.165) is 12.1 Å². The SMILES string of the molecule is O=C(NC(CC(F)(F)F)C(=O)O)c1cc2ccccc2cc1OC(F)F. The van der Waals surface area contributed by atoms with Crippen molar-refractivity contribution >= 4 is 22.6 Å². The van der Waals surface area contributed by atoms with Crippen LogP contribution in [0.2, 0.25) is 0 Å². The molecule has 0 saturated heterocycles. The molecule has 26 heavy (non-hydrogen) atoms. The van der Waals surface area contributed by atoms with Gasteiger partial charge in [0.05, 0.1) is 12.0 Å². The van der Waals surface area contributed by atoms with Gasteiger partial charge < -0.3 is 15.2 Å². The number of carboxylic acid groups (broad SMARTS) is 1. The predicted molar refractivity (Wildman–Crippen MR) is 80.1 cm³/mol. The van der Waals surface area contributed by atoms with Gasteiger partial charge in [0.15, 0.2) is 0 Å². The van der Waals surface area contributed by atoms with Crippen molar-refractivity contribution in [3.05, 3.63) is 42.0 Å². The molecule has 0 heterocycles. The summed E-state index contributed by atoms with van der Waals surface area (Å²) in [6, 6.07) is 6.29. The zero-order chi connectivity index (χ0) is 19.5. The molecule has 0 bridgehead atoms. The molecule has 0 fully saturated rings. The van der Waals surface area contributed by atoms with Crippen molar-refractivity contribution in [2.45, 2.75) is 25.3 Å². The van der Waals surface area contributed by atoms with Gasteiger partial charge in [-0.05, 0) is 22.9 Å². The van der Waals surface area contributed by atoms with E-state index in [-0.39, 0.29) is 0 Å². The molecule has 0 spiro atoms. The smallest absolute Gasteiger partial charge is 0.391 e. The highest BCUT2D eigenvalue weighted by Crippen LogP contribution is 2.28. The molecular weight excluding hydrogens is 365 g/mol. The maximum Gasteiger partial charge on any atom is 0.391 e. The normalized spacial score (nSPS) is 12.8. The first kappa shape index (κ1) is 19.4. The zero-order valence-corrected chi connectivity index (χ0v) is 12.9. The number of rotatable bonds is 6. The van der Waals surface area contributed by atoms with Gasteiger partial charge in [0, 0.05) is 0 Å². The summed E-state index contributed by atoms with van der Waals surface area (Å²) in [5.74, 6) is -3.76. The van der Waals surface area contributed by atoms with Crippen LogP contribution in [0.1, 0.15) is 16.8 Å². The van der Waals surface area contributed by atoms with Gasteiger partial charge in [0.25, 0.3) is 5.91 Å². The Labute approximate surface area is 143 Å². The number of hydrogen-bond acceptors (Lipinski definition) is 3. The van der Waals surface area contributed by atoms with Crippen LogP contribution in [0.4, 0.5) is 22.0 Å². The fraction of sp³-hybridized carbons (Fsp3) is 0.250. The van der Waals surface area contributed by atoms with E-state index in [1.165, 1.54) is 0 Å². The Morgan fingerprint density at radius 2 is 1.69 bits per heavy atom. The highest BCUT2D eigenvalue weighted by atomic mass is 19.4. The first-order chi connectivity index (χ1) is 12.1. The van der Waals surface area contributed by atoms with Crippen LogP contribution in [0.5, 0.6) is 5.75 Å². The Bertz CT molecular complexity index is 822. The van der Waals surface area contributed by atoms with Gasteiger partial charge in [-0.1, -0.05) is 24.3 Å². The van der Waals surface area contributed by atoms with Crippen LogP contribution in [0.15, 0.2) is 36.4 Å². The summed E-state index contributed by atoms with van der Waals surface area (Å²) < 4.78 is 66.7. The van der Waals surface area contributed by atoms with Crippen molar-refractivity contribution in [2.75, 3.05) is 0 Å². The molecular formula is C16H12F5NO4. The van der Waals surface area contributed by atoms with Crippen molar-refractivity contribution in [1.82, 2.24) is 5.32 Å². The van der Waals surface area contributed by atoms with Crippen LogP contribution < -0.4 is 10.1 Å². The Morgan fingerprint density at radius 3 is 2.19 bits per heavy atom. The first-order valence-corrected chi connectivity index (χ1v) is 7.15. The monoisotopic (exact) mass is 377 g/mol. The van der Waals surface area contributed by atoms with Crippen molar-refractivity contribution in [1.29, 1.82) is 0 Å². The highest BCUT2D eigenvalue weighted by molar-refractivity contribution is 6.02. The van der Waals surface area contributed by atoms with Gasteiger partial charge >= 0.3 is 18.8 Å². The molecule has 0 aliphatic rings. The molecule has 10 heteroatoms. The molecule has 0 aliphatic heterocycles. The predicted octanol–water partition coefficient (Wildman–Crippen LogP) is 3.58. The minimum absolute atomic E-state index is 0.432. The summed E-state index contributed by atoms with van der Waals surface area (Å²) in [6.07, 6.45) is -6.66. The number of ether oxygens (including phenoxy) is 1. The number of carboxylic acids is 1. The molecule has 0 radical (unpaired) electrons. The molecule has 1 amide bonds. The third-order valence-corrected chi connectivity index (χ3v) is 3.35. The molecule has 2 aromatic rings. The minimum Gasteiger partial charge on any atom is -0.480 e. The second kappa shape index (κ2) is 7.54. The number of fused-ring (bicyclic) bond motifs is 1. The molecule has 1 unspecified atom stereocenters. The van der Waals surface area contributed by atoms with E-state index in [1.807, 2.05) is 0 Å². The molecule has 0 aromatic heterocycles. The molecule has 5 nitrogen and oxygen atoms in total. The number of carbonyl (C=O) groups is 2. The van der Waals surface area contributed by atoms with Gasteiger partial charge in [-0.25, -0.2) is 4.79 Å². The average Bonchev–Trinajstić information content (AvgIpc) is 2.51. The van der Waals surface area contributed by atoms with Crippen LogP contribution >= 0.6 is 0 Å². The molecule has 0 saturated carbocycles. The standard InChI is InChI=1S/C16H12F5NO4/c17-15(18)26-12-6-9-4-2-1-3-8(9)5-10(12)13(23)22-11(14(24)25)7-16(19,20)21/h1-6,11,15H,7H2,(H,22,23)(H,24,25). The number of benzene rings is 2. The summed E-state index contributed by atoms with van der Waals surface area (Å²) in [5, 5.41) is 11.4. The molecule has 2 aromatic carbocycles. The van der Waals surface area contributed by atoms with E-state index in [0.29, 0.717) is 10.8 Å². The second-order valence-corrected chi connectivity index (χ2v) is 5.26. The number of hydrogen-bond donors (Lipinski definition) is 2. The van der Waals surface area contributed by atoms with Crippen molar-refractivity contribution in [2.24, 2.45) is 0 Å². The highest BCUT2D eigenvalue weighted by Gasteiger charge is 2.36. The number of amides is 1. The fourth-order valence-corrected chi connectivity index (χ4v) is 2.26. The largest absolute Gasteiger partial charge is 0.480 e. The summed E-state index contributed by atoms with van der Waals surface area (Å²) in [6.45, 7) is -3.28. The van der Waals surface area contributed by atoms with Gasteiger partial charge in [0.1, 0.15) is 11.8 Å². The van der Waals surface area contributed by atoms with Crippen LogP contribution in [0.25, 0.3) is 10.8 Å². The van der Waals surface area contributed by atoms with Gasteiger partial charge in [-0.3, -0.25) is 4.79 Å². The van der Waals surface area contributed by atoms with Gasteiger partial charge in [0.2, 0.25) is 0 Å². The number of alkyl halides is 5. The van der Waals surface area contributed by atoms with E-state index in [1.54, 1.807) is 29.6 Å². The van der Waals surface area contributed by atoms with E-state index < -0.39 is 48.4 Å². The zero-order valence-electron chi connectivity index (χ0n) is 12.9. The summed E-state index contributed by atoms with van der Waals surface area (Å²) in [7, 11) is 0. The third-order valence-electron chi connectivity index (χ3n) is 3.35. The maximum absolute atomic E-state index is 12.6. The lowest BCUT2D eigenvalue weighted by Crippen LogP contribution is -2.43. The van der Waals surface area contributed by atoms with Crippen LogP contribution in [0.3, 0.4) is 0 Å². The van der Waals surface area contributed by atoms with Crippen molar-refractivity contribution < 1.29 is 41.4 Å². The number of aliphatic carboxylic acids is 1. The first-order valence-electron chi connectivity index (χ1n) is 7.15. The van der Waals surface area contributed by atoms with E-state index in [2.05, 4.69) is 4.74 Å². The Hall–Kier alpha value is -2.91. The maximum atomic E-state index is 12.6. The van der Waals surface area contributed by atoms with E-state index >= 15 is 0 Å². The average molecular weight is 377 g/mol. The molecule has 140 valence electrons. The van der Waals surface area contributed by atoms with Crippen LogP contribution in [-0.2, 0) is 4.79 Å². The van der Waals surface area contributed by atoms with Gasteiger partial charge in [-0.2, -0.15) is 22.0 Å². The Kier molecular flexibility index (Phi) is 5.63. The topological polar surface area (TPSA) is 75.6 Å². The molecule has 1 atom stereocenters. The fourth-order valence-electron chi connectivity index (χ4n) is 2.26. The number of halogens is 5. The third kappa shape index (κ3) is 5.04. The van der Waals surface area contributed by atoms with E-state index in [9.17, 15) is 31.5 Å². The van der Waals surface area contributed by atoms with Crippen LogP contribution in [-0.4, -0.2) is 35.8 Å². The minimum atomic E-state index is -4.85. The lowest BCUT2D eigenvalue weighted by molar-refractivity contribution is -0.157. The summed E-state index contributed by atoms with van der Waals surface area (Å²) >= 11 is 0. The molecule has 0 aliphatic carbocycles. The molecule has 2 rings (SSSR count). The quantitative estimate of drug-likeness (QED) is 0.755. The number of carbonyl (C=O) groups excluding carboxylic acids is 1. The van der Waals surface area contributed by atoms with E-state index in [4.69, 9.17) is 5.11 Å². The van der Waals surface area contributed by atoms with Crippen molar-refractivity contribution in [3.63, 3.8) is 0 Å². The van der Waals surface area contributed by atoms with Crippen LogP contribution in [0, 0.1) is 0 Å². The lowest BCUT2D eigenvalue weighted by Gasteiger charge is -2.18.